The second-order valence-electron chi connectivity index (χ2n) is 12.5. The molecule has 7 rings (SSSR count). The van der Waals surface area contributed by atoms with Gasteiger partial charge in [0.05, 0.1) is 5.25 Å². The fourth-order valence-electron chi connectivity index (χ4n) is 8.60. The molecule has 4 aliphatic carbocycles. The van der Waals surface area contributed by atoms with Crippen molar-refractivity contribution in [3.8, 4) is 16.9 Å². The van der Waals surface area contributed by atoms with Crippen molar-refractivity contribution in [1.29, 1.82) is 0 Å². The third-order valence-electron chi connectivity index (χ3n) is 10.2. The average molecular weight is 487 g/mol. The zero-order chi connectivity index (χ0) is 24.1. The van der Waals surface area contributed by atoms with Crippen molar-refractivity contribution >= 4 is 17.8 Å². The van der Waals surface area contributed by atoms with Crippen LogP contribution in [0.15, 0.2) is 36.1 Å². The van der Waals surface area contributed by atoms with Crippen LogP contribution in [-0.4, -0.2) is 15.3 Å². The molecule has 2 aromatic carbocycles. The summed E-state index contributed by atoms with van der Waals surface area (Å²) in [5, 5.41) is 11.8. The lowest BCUT2D eigenvalue weighted by Gasteiger charge is -2.35. The van der Waals surface area contributed by atoms with E-state index in [1.165, 1.54) is 66.3 Å². The van der Waals surface area contributed by atoms with E-state index in [2.05, 4.69) is 64.1 Å². The number of hydrogen-bond acceptors (Lipinski definition) is 3. The van der Waals surface area contributed by atoms with Gasteiger partial charge in [-0.05, 0) is 71.1 Å². The molecule has 0 radical (unpaired) electrons. The molecule has 5 aliphatic rings. The fourth-order valence-corrected chi connectivity index (χ4v) is 10.2. The Kier molecular flexibility index (Phi) is 4.83. The quantitative estimate of drug-likeness (QED) is 0.463. The highest BCUT2D eigenvalue weighted by atomic mass is 32.2. The normalized spacial score (nSPS) is 31.6. The van der Waals surface area contributed by atoms with Crippen molar-refractivity contribution < 1.29 is 9.84 Å². The Hall–Kier alpha value is -1.87. The van der Waals surface area contributed by atoms with Crippen molar-refractivity contribution in [2.45, 2.75) is 88.2 Å². The van der Waals surface area contributed by atoms with Gasteiger partial charge in [0.15, 0.2) is 4.93 Å². The van der Waals surface area contributed by atoms with Crippen LogP contribution in [0.3, 0.4) is 0 Å². The lowest BCUT2D eigenvalue weighted by atomic mass is 9.74. The lowest BCUT2D eigenvalue weighted by molar-refractivity contribution is 0.0194. The fraction of sp³-hybridized carbons (Fsp3) is 0.562. The zero-order valence-electron chi connectivity index (χ0n) is 21.6. The summed E-state index contributed by atoms with van der Waals surface area (Å²) in [6.45, 7) is 9.14. The van der Waals surface area contributed by atoms with E-state index in [1.807, 2.05) is 11.8 Å². The van der Waals surface area contributed by atoms with Crippen molar-refractivity contribution in [2.24, 2.45) is 23.7 Å². The van der Waals surface area contributed by atoms with E-state index >= 15 is 0 Å². The number of rotatable bonds is 2. The molecule has 1 heterocycles. The molecule has 2 aromatic rings. The molecule has 2 saturated carbocycles. The second-order valence-corrected chi connectivity index (χ2v) is 14.0. The molecule has 3 atom stereocenters. The summed E-state index contributed by atoms with van der Waals surface area (Å²) in [5.41, 5.74) is 8.12. The van der Waals surface area contributed by atoms with Crippen molar-refractivity contribution in [3.63, 3.8) is 0 Å². The number of aromatic hydroxyl groups is 1. The van der Waals surface area contributed by atoms with Gasteiger partial charge in [0.2, 0.25) is 0 Å². The number of phenolic OH excluding ortho intramolecular Hbond substituents is 1. The van der Waals surface area contributed by atoms with Gasteiger partial charge < -0.3 is 9.84 Å². The predicted molar refractivity (Wildman–Crippen MR) is 146 cm³/mol. The number of benzene rings is 2. The average Bonchev–Trinajstić information content (AvgIpc) is 3.49. The Bertz CT molecular complexity index is 1220. The van der Waals surface area contributed by atoms with Gasteiger partial charge in [-0.2, -0.15) is 0 Å². The third kappa shape index (κ3) is 2.91. The minimum absolute atomic E-state index is 0.0678. The first kappa shape index (κ1) is 22.3. The standard InChI is InChI=1S/C32H38O2S/c1-18(2)32(19(3)4)34-28-13-24-23(14-29(28)35-32)27(33)15-26-30(24)22-11-7-8-12-25(22)31(26)16-20-9-5-6-10-21(20)17-31/h7-8,11-13,15,18-21,29,33H,5-6,9-10,14,16-17H2,1-4H3. The number of ether oxygens (including phenoxy) is 1. The van der Waals surface area contributed by atoms with Gasteiger partial charge in [-0.25, -0.2) is 0 Å². The van der Waals surface area contributed by atoms with E-state index in [-0.39, 0.29) is 15.6 Å². The minimum atomic E-state index is -0.197. The number of thioether (sulfide) groups is 1. The summed E-state index contributed by atoms with van der Waals surface area (Å²) in [6, 6.07) is 11.3. The highest BCUT2D eigenvalue weighted by Gasteiger charge is 2.55. The van der Waals surface area contributed by atoms with Crippen LogP contribution in [0.1, 0.15) is 88.5 Å². The Balaban J connectivity index is 1.41. The number of phenols is 1. The molecule has 0 aromatic heterocycles. The first-order valence-electron chi connectivity index (χ1n) is 13.9. The van der Waals surface area contributed by atoms with Crippen LogP contribution in [-0.2, 0) is 16.6 Å². The molecule has 1 spiro atoms. The Morgan fingerprint density at radius 1 is 0.971 bits per heavy atom. The van der Waals surface area contributed by atoms with Crippen LogP contribution < -0.4 is 0 Å². The maximum atomic E-state index is 11.5. The van der Waals surface area contributed by atoms with Gasteiger partial charge in [0, 0.05) is 22.8 Å². The largest absolute Gasteiger partial charge is 0.508 e. The molecule has 3 heteroatoms. The minimum Gasteiger partial charge on any atom is -0.508 e. The molecule has 0 amide bonds. The third-order valence-corrected chi connectivity index (χ3v) is 12.3. The Labute approximate surface area is 214 Å². The van der Waals surface area contributed by atoms with Gasteiger partial charge in [0.25, 0.3) is 0 Å². The molecule has 184 valence electrons. The molecular formula is C32H38O2S. The van der Waals surface area contributed by atoms with Gasteiger partial charge in [-0.15, -0.1) is 11.8 Å². The SMILES string of the molecule is CC(C)C1(C(C)C)OC2=Cc3c(c(O)cc4c3-c3ccccc3C43CC4CCCCC4C3)CC2S1. The summed E-state index contributed by atoms with van der Waals surface area (Å²) in [6.07, 6.45) is 11.2. The molecule has 0 bridgehead atoms. The van der Waals surface area contributed by atoms with Crippen LogP contribution in [0.25, 0.3) is 17.2 Å². The molecule has 1 aliphatic heterocycles. The molecule has 1 saturated heterocycles. The van der Waals surface area contributed by atoms with Crippen molar-refractivity contribution in [3.05, 3.63) is 58.3 Å². The smallest absolute Gasteiger partial charge is 0.159 e. The van der Waals surface area contributed by atoms with Gasteiger partial charge in [0.1, 0.15) is 11.5 Å². The van der Waals surface area contributed by atoms with Gasteiger partial charge in [-0.1, -0.05) is 77.6 Å². The summed E-state index contributed by atoms with van der Waals surface area (Å²) in [4.78, 5) is -0.197. The van der Waals surface area contributed by atoms with Crippen molar-refractivity contribution in [2.75, 3.05) is 0 Å². The molecule has 1 N–H and O–H groups in total. The lowest BCUT2D eigenvalue weighted by Crippen LogP contribution is -2.36. The summed E-state index contributed by atoms with van der Waals surface area (Å²) >= 11 is 1.98. The highest BCUT2D eigenvalue weighted by molar-refractivity contribution is 8.01. The van der Waals surface area contributed by atoms with E-state index in [9.17, 15) is 5.11 Å². The number of hydrogen-bond donors (Lipinski definition) is 1. The molecule has 2 nitrogen and oxygen atoms in total. The van der Waals surface area contributed by atoms with Crippen LogP contribution >= 0.6 is 11.8 Å². The van der Waals surface area contributed by atoms with Crippen LogP contribution in [0.4, 0.5) is 0 Å². The Morgan fingerprint density at radius 3 is 2.34 bits per heavy atom. The van der Waals surface area contributed by atoms with Crippen LogP contribution in [0.5, 0.6) is 5.75 Å². The predicted octanol–water partition coefficient (Wildman–Crippen LogP) is 8.30. The summed E-state index contributed by atoms with van der Waals surface area (Å²) < 4.78 is 6.86. The maximum Gasteiger partial charge on any atom is 0.159 e. The maximum absolute atomic E-state index is 11.5. The van der Waals surface area contributed by atoms with E-state index < -0.39 is 0 Å². The summed E-state index contributed by atoms with van der Waals surface area (Å²) in [5.74, 6) is 4.13. The molecule has 3 fully saturated rings. The zero-order valence-corrected chi connectivity index (χ0v) is 22.4. The first-order valence-corrected chi connectivity index (χ1v) is 14.8. The van der Waals surface area contributed by atoms with Gasteiger partial charge >= 0.3 is 0 Å². The van der Waals surface area contributed by atoms with Crippen LogP contribution in [0.2, 0.25) is 0 Å². The number of fused-ring (bicyclic) bond motifs is 9. The summed E-state index contributed by atoms with van der Waals surface area (Å²) in [7, 11) is 0. The molecular weight excluding hydrogens is 448 g/mol. The second kappa shape index (κ2) is 7.57. The highest BCUT2D eigenvalue weighted by Crippen LogP contribution is 2.65. The van der Waals surface area contributed by atoms with E-state index in [0.29, 0.717) is 17.6 Å². The van der Waals surface area contributed by atoms with E-state index in [1.54, 1.807) is 0 Å². The van der Waals surface area contributed by atoms with E-state index in [4.69, 9.17) is 4.74 Å². The molecule has 3 unspecified atom stereocenters. The van der Waals surface area contributed by atoms with Crippen molar-refractivity contribution in [1.82, 2.24) is 0 Å². The monoisotopic (exact) mass is 486 g/mol. The molecule has 35 heavy (non-hydrogen) atoms. The topological polar surface area (TPSA) is 29.5 Å². The van der Waals surface area contributed by atoms with E-state index in [0.717, 1.165) is 29.6 Å². The van der Waals surface area contributed by atoms with Gasteiger partial charge in [-0.3, -0.25) is 0 Å². The first-order chi connectivity index (χ1) is 16.8. The Morgan fingerprint density at radius 2 is 1.66 bits per heavy atom. The van der Waals surface area contributed by atoms with Crippen LogP contribution in [0, 0.1) is 23.7 Å².